The predicted molar refractivity (Wildman–Crippen MR) is 128 cm³/mol. The molecule has 0 aromatic carbocycles. The van der Waals surface area contributed by atoms with Crippen molar-refractivity contribution in [2.24, 2.45) is 5.92 Å². The van der Waals surface area contributed by atoms with Crippen molar-refractivity contribution in [3.8, 4) is 0 Å². The lowest BCUT2D eigenvalue weighted by Crippen LogP contribution is -2.44. The second-order valence-electron chi connectivity index (χ2n) is 9.40. The zero-order valence-corrected chi connectivity index (χ0v) is 21.8. The number of hydrogen-bond donors (Lipinski definition) is 0. The molecule has 0 N–H and O–H groups in total. The van der Waals surface area contributed by atoms with E-state index in [1.54, 1.807) is 14.2 Å². The van der Waals surface area contributed by atoms with Crippen molar-refractivity contribution in [1.29, 1.82) is 0 Å². The van der Waals surface area contributed by atoms with E-state index in [4.69, 9.17) is 23.7 Å². The molecule has 0 aliphatic carbocycles. The van der Waals surface area contributed by atoms with Crippen LogP contribution in [-0.2, 0) is 33.3 Å². The summed E-state index contributed by atoms with van der Waals surface area (Å²) in [6.07, 6.45) is 8.23. The predicted octanol–water partition coefficient (Wildman–Crippen LogP) is 5.13. The molecule has 0 spiro atoms. The van der Waals surface area contributed by atoms with Gasteiger partial charge in [-0.1, -0.05) is 18.6 Å². The van der Waals surface area contributed by atoms with E-state index in [-0.39, 0.29) is 30.6 Å². The maximum absolute atomic E-state index is 11.8. The van der Waals surface area contributed by atoms with E-state index < -0.39 is 11.4 Å². The Morgan fingerprint density at radius 1 is 1.18 bits per heavy atom. The standard InChI is InChI=1S/C26H44O7/c1-19(2)13-16-26(29-7,30-8)20(3)10-9-15-25(6)24(33-22(5)28)12-11-23(18-32-25)14-17-31-21(4)27/h13-14,20,24H,9-12,15-18H2,1-8H3/b23-14+/t20?,24-,25+/m1/s1. The lowest BCUT2D eigenvalue weighted by Gasteiger charge is -2.38. The lowest BCUT2D eigenvalue weighted by molar-refractivity contribution is -0.236. The largest absolute Gasteiger partial charge is 0.462 e. The van der Waals surface area contributed by atoms with Gasteiger partial charge >= 0.3 is 11.9 Å². The number of carbonyl (C=O) groups is 2. The van der Waals surface area contributed by atoms with Crippen molar-refractivity contribution in [2.45, 2.75) is 97.6 Å². The average molecular weight is 469 g/mol. The molecule has 0 saturated carbocycles. The number of rotatable bonds is 12. The zero-order chi connectivity index (χ0) is 25.1. The van der Waals surface area contributed by atoms with Crippen molar-refractivity contribution in [2.75, 3.05) is 27.4 Å². The number of carbonyl (C=O) groups excluding carboxylic acids is 2. The Balaban J connectivity index is 2.86. The van der Waals surface area contributed by atoms with Crippen molar-refractivity contribution < 1.29 is 33.3 Å². The molecule has 1 fully saturated rings. The van der Waals surface area contributed by atoms with Crippen LogP contribution in [-0.4, -0.2) is 56.9 Å². The van der Waals surface area contributed by atoms with Gasteiger partial charge in [-0.3, -0.25) is 9.59 Å². The van der Waals surface area contributed by atoms with Crippen LogP contribution in [0, 0.1) is 5.92 Å². The van der Waals surface area contributed by atoms with Gasteiger partial charge < -0.3 is 23.7 Å². The van der Waals surface area contributed by atoms with Gasteiger partial charge in [-0.25, -0.2) is 0 Å². The number of ether oxygens (including phenoxy) is 5. The molecule has 0 aromatic rings. The van der Waals surface area contributed by atoms with E-state index in [1.165, 1.54) is 19.4 Å². The zero-order valence-electron chi connectivity index (χ0n) is 21.8. The second-order valence-corrected chi connectivity index (χ2v) is 9.40. The molecule has 33 heavy (non-hydrogen) atoms. The minimum Gasteiger partial charge on any atom is -0.462 e. The summed E-state index contributed by atoms with van der Waals surface area (Å²) < 4.78 is 28.7. The van der Waals surface area contributed by atoms with E-state index >= 15 is 0 Å². The Morgan fingerprint density at radius 2 is 1.85 bits per heavy atom. The first-order valence-electron chi connectivity index (χ1n) is 11.8. The molecule has 1 heterocycles. The molecule has 1 saturated heterocycles. The highest BCUT2D eigenvalue weighted by atomic mass is 16.7. The van der Waals surface area contributed by atoms with Crippen LogP contribution in [0.5, 0.6) is 0 Å². The first-order chi connectivity index (χ1) is 15.5. The summed E-state index contributed by atoms with van der Waals surface area (Å²) in [5.41, 5.74) is 1.66. The Bertz CT molecular complexity index is 689. The Labute approximate surface area is 199 Å². The van der Waals surface area contributed by atoms with Crippen LogP contribution in [0.15, 0.2) is 23.3 Å². The molecule has 1 aliphatic rings. The van der Waals surface area contributed by atoms with Gasteiger partial charge in [-0.2, -0.15) is 0 Å². The van der Waals surface area contributed by atoms with Gasteiger partial charge in [0.15, 0.2) is 5.79 Å². The molecule has 0 amide bonds. The summed E-state index contributed by atoms with van der Waals surface area (Å²) >= 11 is 0. The van der Waals surface area contributed by atoms with Crippen molar-refractivity contribution in [3.63, 3.8) is 0 Å². The Kier molecular flexibility index (Phi) is 12.3. The van der Waals surface area contributed by atoms with Gasteiger partial charge in [0.25, 0.3) is 0 Å². The fraction of sp³-hybridized carbons (Fsp3) is 0.769. The first kappa shape index (κ1) is 29.3. The highest BCUT2D eigenvalue weighted by Crippen LogP contribution is 2.36. The smallest absolute Gasteiger partial charge is 0.303 e. The number of methoxy groups -OCH3 is 2. The molecule has 3 atom stereocenters. The summed E-state index contributed by atoms with van der Waals surface area (Å²) in [6, 6.07) is 0. The molecule has 0 aromatic heterocycles. The summed E-state index contributed by atoms with van der Waals surface area (Å²) in [5.74, 6) is -1.14. The Morgan fingerprint density at radius 3 is 2.39 bits per heavy atom. The van der Waals surface area contributed by atoms with Crippen LogP contribution in [0.2, 0.25) is 0 Å². The van der Waals surface area contributed by atoms with Gasteiger partial charge in [0, 0.05) is 40.4 Å². The van der Waals surface area contributed by atoms with Gasteiger partial charge in [-0.05, 0) is 64.5 Å². The van der Waals surface area contributed by atoms with Crippen molar-refractivity contribution >= 4 is 11.9 Å². The fourth-order valence-corrected chi connectivity index (χ4v) is 4.28. The molecule has 7 heteroatoms. The second kappa shape index (κ2) is 13.9. The van der Waals surface area contributed by atoms with Gasteiger partial charge in [0.05, 0.1) is 6.61 Å². The van der Waals surface area contributed by atoms with E-state index in [1.807, 2.05) is 13.0 Å². The van der Waals surface area contributed by atoms with Crippen LogP contribution in [0.3, 0.4) is 0 Å². The third kappa shape index (κ3) is 9.59. The minimum absolute atomic E-state index is 0.156. The van der Waals surface area contributed by atoms with Crippen molar-refractivity contribution in [3.05, 3.63) is 23.3 Å². The third-order valence-corrected chi connectivity index (χ3v) is 6.51. The molecule has 1 rings (SSSR count). The van der Waals surface area contributed by atoms with Crippen LogP contribution in [0.4, 0.5) is 0 Å². The fourth-order valence-electron chi connectivity index (χ4n) is 4.28. The maximum Gasteiger partial charge on any atom is 0.303 e. The lowest BCUT2D eigenvalue weighted by atomic mass is 9.85. The molecule has 7 nitrogen and oxygen atoms in total. The van der Waals surface area contributed by atoms with E-state index in [0.717, 1.165) is 31.3 Å². The molecule has 0 radical (unpaired) electrons. The van der Waals surface area contributed by atoms with Gasteiger partial charge in [0.2, 0.25) is 0 Å². The van der Waals surface area contributed by atoms with Crippen LogP contribution < -0.4 is 0 Å². The molecule has 190 valence electrons. The molecular formula is C26H44O7. The molecule has 0 bridgehead atoms. The SMILES string of the molecule is COC(CC=C(C)C)(OC)C(C)CCC[C@]1(C)OC/C(=C/COC(C)=O)CC[C@H]1OC(C)=O. The molecule has 1 aliphatic heterocycles. The highest BCUT2D eigenvalue weighted by Gasteiger charge is 2.41. The summed E-state index contributed by atoms with van der Waals surface area (Å²) in [5, 5.41) is 0. The normalized spacial score (nSPS) is 23.5. The highest BCUT2D eigenvalue weighted by molar-refractivity contribution is 5.66. The molecule has 1 unspecified atom stereocenters. The summed E-state index contributed by atoms with van der Waals surface area (Å²) in [4.78, 5) is 22.8. The average Bonchev–Trinajstić information content (AvgIpc) is 2.88. The summed E-state index contributed by atoms with van der Waals surface area (Å²) in [7, 11) is 3.38. The number of allylic oxidation sites excluding steroid dienone is 1. The topological polar surface area (TPSA) is 80.3 Å². The van der Waals surface area contributed by atoms with Gasteiger partial charge in [0.1, 0.15) is 18.3 Å². The number of esters is 2. The Hall–Kier alpha value is -1.70. The van der Waals surface area contributed by atoms with E-state index in [9.17, 15) is 9.59 Å². The van der Waals surface area contributed by atoms with Crippen LogP contribution in [0.1, 0.15) is 80.1 Å². The monoisotopic (exact) mass is 468 g/mol. The van der Waals surface area contributed by atoms with E-state index in [2.05, 4.69) is 26.8 Å². The first-order valence-corrected chi connectivity index (χ1v) is 11.8. The van der Waals surface area contributed by atoms with Crippen LogP contribution >= 0.6 is 0 Å². The number of hydrogen-bond acceptors (Lipinski definition) is 7. The van der Waals surface area contributed by atoms with Crippen LogP contribution in [0.25, 0.3) is 0 Å². The third-order valence-electron chi connectivity index (χ3n) is 6.51. The minimum atomic E-state index is -0.676. The quantitative estimate of drug-likeness (QED) is 0.223. The van der Waals surface area contributed by atoms with E-state index in [0.29, 0.717) is 19.4 Å². The van der Waals surface area contributed by atoms with Crippen molar-refractivity contribution in [1.82, 2.24) is 0 Å². The van der Waals surface area contributed by atoms with Gasteiger partial charge in [-0.15, -0.1) is 0 Å². The molecular weight excluding hydrogens is 424 g/mol. The maximum atomic E-state index is 11.8. The summed E-state index contributed by atoms with van der Waals surface area (Å²) in [6.45, 7) is 11.8.